The zero-order chi connectivity index (χ0) is 14.6. The van der Waals surface area contributed by atoms with E-state index in [0.29, 0.717) is 6.04 Å². The van der Waals surface area contributed by atoms with E-state index in [1.54, 1.807) is 11.3 Å². The highest BCUT2D eigenvalue weighted by molar-refractivity contribution is 7.09. The van der Waals surface area contributed by atoms with E-state index in [1.165, 1.54) is 0 Å². The van der Waals surface area contributed by atoms with Crippen LogP contribution in [0.2, 0.25) is 0 Å². The van der Waals surface area contributed by atoms with E-state index in [2.05, 4.69) is 60.0 Å². The van der Waals surface area contributed by atoms with Gasteiger partial charge in [0.2, 0.25) is 0 Å². The van der Waals surface area contributed by atoms with Crippen molar-refractivity contribution in [2.45, 2.75) is 58.7 Å². The Bertz CT molecular complexity index is 512. The molecular weight excluding hydrogens is 268 g/mol. The highest BCUT2D eigenvalue weighted by Gasteiger charge is 2.22. The summed E-state index contributed by atoms with van der Waals surface area (Å²) < 4.78 is 2.09. The van der Waals surface area contributed by atoms with Crippen LogP contribution in [0.15, 0.2) is 23.8 Å². The fourth-order valence-corrected chi connectivity index (χ4v) is 3.00. The van der Waals surface area contributed by atoms with E-state index in [0.717, 1.165) is 30.1 Å². The Hall–Kier alpha value is -1.20. The molecule has 0 amide bonds. The van der Waals surface area contributed by atoms with Crippen LogP contribution in [0.4, 0.5) is 0 Å². The molecular formula is C15H24N4S. The van der Waals surface area contributed by atoms with Crippen LogP contribution in [-0.4, -0.2) is 14.8 Å². The maximum absolute atomic E-state index is 4.67. The second-order valence-electron chi connectivity index (χ2n) is 5.57. The number of nitrogens with zero attached hydrogens (tertiary/aromatic N) is 3. The van der Waals surface area contributed by atoms with E-state index in [9.17, 15) is 0 Å². The van der Waals surface area contributed by atoms with Crippen molar-refractivity contribution in [3.8, 4) is 0 Å². The average Bonchev–Trinajstić information content (AvgIpc) is 3.10. The summed E-state index contributed by atoms with van der Waals surface area (Å²) in [7, 11) is 0. The van der Waals surface area contributed by atoms with Gasteiger partial charge in [0, 0.05) is 24.3 Å². The predicted molar refractivity (Wildman–Crippen MR) is 83.8 cm³/mol. The van der Waals surface area contributed by atoms with Crippen LogP contribution in [0, 0.1) is 0 Å². The quantitative estimate of drug-likeness (QED) is 0.845. The lowest BCUT2D eigenvalue weighted by atomic mass is 10.1. The smallest absolute Gasteiger partial charge is 0.112 e. The molecule has 0 unspecified atom stereocenters. The van der Waals surface area contributed by atoms with Gasteiger partial charge in [-0.25, -0.2) is 4.98 Å². The number of hydrogen-bond donors (Lipinski definition) is 1. The number of thiazole rings is 1. The summed E-state index contributed by atoms with van der Waals surface area (Å²) in [4.78, 5) is 4.39. The molecule has 1 N–H and O–H groups in total. The van der Waals surface area contributed by atoms with Gasteiger partial charge >= 0.3 is 0 Å². The highest BCUT2D eigenvalue weighted by atomic mass is 32.1. The molecule has 5 heteroatoms. The van der Waals surface area contributed by atoms with Crippen LogP contribution < -0.4 is 5.32 Å². The fourth-order valence-electron chi connectivity index (χ4n) is 2.26. The molecule has 0 spiro atoms. The van der Waals surface area contributed by atoms with Crippen molar-refractivity contribution in [1.82, 2.24) is 20.1 Å². The van der Waals surface area contributed by atoms with Gasteiger partial charge in [-0.3, -0.25) is 4.68 Å². The molecule has 20 heavy (non-hydrogen) atoms. The molecule has 0 aliphatic rings. The van der Waals surface area contributed by atoms with Gasteiger partial charge in [-0.15, -0.1) is 11.3 Å². The normalized spacial score (nSPS) is 12.2. The minimum absolute atomic E-state index is 0.118. The summed E-state index contributed by atoms with van der Waals surface area (Å²) in [6.07, 6.45) is 6.18. The zero-order valence-corrected chi connectivity index (χ0v) is 13.6. The summed E-state index contributed by atoms with van der Waals surface area (Å²) in [5, 5.41) is 11.3. The number of aromatic nitrogens is 3. The van der Waals surface area contributed by atoms with Crippen LogP contribution in [0.5, 0.6) is 0 Å². The molecule has 2 aromatic heterocycles. The lowest BCUT2D eigenvalue weighted by Gasteiger charge is -2.23. The summed E-state index contributed by atoms with van der Waals surface area (Å²) in [6, 6.07) is 2.61. The van der Waals surface area contributed by atoms with Gasteiger partial charge in [0.05, 0.1) is 17.3 Å². The second-order valence-corrected chi connectivity index (χ2v) is 6.47. The molecule has 0 aliphatic carbocycles. The highest BCUT2D eigenvalue weighted by Crippen LogP contribution is 2.22. The lowest BCUT2D eigenvalue weighted by molar-refractivity contribution is 0.388. The van der Waals surface area contributed by atoms with Crippen molar-refractivity contribution in [1.29, 1.82) is 0 Å². The van der Waals surface area contributed by atoms with Crippen molar-refractivity contribution in [2.24, 2.45) is 0 Å². The number of nitrogens with one attached hydrogen (secondary N) is 1. The molecule has 0 saturated heterocycles. The van der Waals surface area contributed by atoms with Gasteiger partial charge in [-0.1, -0.05) is 13.8 Å². The molecule has 0 atom stereocenters. The maximum atomic E-state index is 4.67. The van der Waals surface area contributed by atoms with Crippen LogP contribution in [0.1, 0.15) is 57.3 Å². The van der Waals surface area contributed by atoms with Crippen LogP contribution in [-0.2, 0) is 12.1 Å². The van der Waals surface area contributed by atoms with E-state index < -0.39 is 0 Å². The van der Waals surface area contributed by atoms with Crippen molar-refractivity contribution >= 4 is 11.3 Å². The van der Waals surface area contributed by atoms with Crippen molar-refractivity contribution in [3.05, 3.63) is 34.5 Å². The summed E-state index contributed by atoms with van der Waals surface area (Å²) in [6.45, 7) is 9.49. The molecule has 0 aromatic carbocycles. The van der Waals surface area contributed by atoms with Crippen LogP contribution in [0.25, 0.3) is 0 Å². The van der Waals surface area contributed by atoms with E-state index in [1.807, 2.05) is 11.6 Å². The van der Waals surface area contributed by atoms with Gasteiger partial charge in [-0.2, -0.15) is 5.10 Å². The van der Waals surface area contributed by atoms with E-state index in [-0.39, 0.29) is 5.54 Å². The fraction of sp³-hybridized carbons (Fsp3) is 0.600. The minimum Gasteiger partial charge on any atom is -0.300 e. The average molecular weight is 292 g/mol. The maximum Gasteiger partial charge on any atom is 0.112 e. The Balaban J connectivity index is 1.98. The first-order valence-electron chi connectivity index (χ1n) is 7.25. The third-order valence-corrected chi connectivity index (χ3v) is 4.76. The molecule has 2 aromatic rings. The topological polar surface area (TPSA) is 42.7 Å². The first kappa shape index (κ1) is 15.2. The third kappa shape index (κ3) is 3.46. The number of rotatable bonds is 7. The zero-order valence-electron chi connectivity index (χ0n) is 12.8. The monoisotopic (exact) mass is 292 g/mol. The number of hydrogen-bond acceptors (Lipinski definition) is 4. The Labute approximate surface area is 125 Å². The van der Waals surface area contributed by atoms with Crippen molar-refractivity contribution in [2.75, 3.05) is 0 Å². The molecule has 2 rings (SSSR count). The molecule has 0 aliphatic heterocycles. The molecule has 2 heterocycles. The summed E-state index contributed by atoms with van der Waals surface area (Å²) >= 11 is 1.68. The van der Waals surface area contributed by atoms with E-state index >= 15 is 0 Å². The first-order chi connectivity index (χ1) is 9.56. The molecule has 0 fully saturated rings. The molecule has 110 valence electrons. The van der Waals surface area contributed by atoms with Crippen molar-refractivity contribution < 1.29 is 0 Å². The molecule has 0 radical (unpaired) electrons. The molecule has 4 nitrogen and oxygen atoms in total. The van der Waals surface area contributed by atoms with Gasteiger partial charge in [0.15, 0.2) is 0 Å². The van der Waals surface area contributed by atoms with Crippen molar-refractivity contribution in [3.63, 3.8) is 0 Å². The SMILES string of the molecule is CCC(CC)n1ccc(CNC(C)(C)c2nccs2)n1. The third-order valence-electron chi connectivity index (χ3n) is 3.66. The van der Waals surface area contributed by atoms with Crippen LogP contribution >= 0.6 is 11.3 Å². The summed E-state index contributed by atoms with van der Waals surface area (Å²) in [5.74, 6) is 0. The van der Waals surface area contributed by atoms with Gasteiger partial charge in [0.1, 0.15) is 5.01 Å². The Morgan fingerprint density at radius 1 is 1.35 bits per heavy atom. The Morgan fingerprint density at radius 3 is 2.70 bits per heavy atom. The first-order valence-corrected chi connectivity index (χ1v) is 8.13. The second kappa shape index (κ2) is 6.50. The van der Waals surface area contributed by atoms with Crippen LogP contribution in [0.3, 0.4) is 0 Å². The largest absolute Gasteiger partial charge is 0.300 e. The molecule has 0 saturated carbocycles. The van der Waals surface area contributed by atoms with Gasteiger partial charge < -0.3 is 5.32 Å². The van der Waals surface area contributed by atoms with Gasteiger partial charge in [-0.05, 0) is 32.8 Å². The molecule has 0 bridgehead atoms. The Kier molecular flexibility index (Phi) is 4.94. The van der Waals surface area contributed by atoms with E-state index in [4.69, 9.17) is 0 Å². The Morgan fingerprint density at radius 2 is 2.10 bits per heavy atom. The predicted octanol–water partition coefficient (Wildman–Crippen LogP) is 3.73. The standard InChI is InChI=1S/C15H24N4S/c1-5-13(6-2)19-9-7-12(18-19)11-17-15(3,4)14-16-8-10-20-14/h7-10,13,17H,5-6,11H2,1-4H3. The minimum atomic E-state index is -0.118. The lowest BCUT2D eigenvalue weighted by Crippen LogP contribution is -2.36. The summed E-state index contributed by atoms with van der Waals surface area (Å²) in [5.41, 5.74) is 0.967. The van der Waals surface area contributed by atoms with Gasteiger partial charge in [0.25, 0.3) is 0 Å².